The van der Waals surface area contributed by atoms with Crippen LogP contribution in [0.25, 0.3) is 0 Å². The standard InChI is InChI=1S/C12H15N3/c1-8-4-11(5-8)15-10-3-2-9(7-13)12(14)6-10/h2-3,6,8,11,15H,4-5,14H2,1H3. The molecule has 1 aliphatic carbocycles. The maximum atomic E-state index is 8.73. The Balaban J connectivity index is 2.04. The van der Waals surface area contributed by atoms with Gasteiger partial charge < -0.3 is 11.1 Å². The quantitative estimate of drug-likeness (QED) is 0.722. The highest BCUT2D eigenvalue weighted by Crippen LogP contribution is 2.30. The summed E-state index contributed by atoms with van der Waals surface area (Å²) in [6.45, 7) is 2.26. The third kappa shape index (κ3) is 2.04. The molecule has 1 aromatic rings. The van der Waals surface area contributed by atoms with Crippen molar-refractivity contribution in [3.8, 4) is 6.07 Å². The highest BCUT2D eigenvalue weighted by atomic mass is 14.9. The third-order valence-electron chi connectivity index (χ3n) is 2.92. The maximum absolute atomic E-state index is 8.73. The molecule has 0 amide bonds. The van der Waals surface area contributed by atoms with Gasteiger partial charge in [-0.2, -0.15) is 5.26 Å². The summed E-state index contributed by atoms with van der Waals surface area (Å²) in [7, 11) is 0. The molecule has 0 spiro atoms. The van der Waals surface area contributed by atoms with Crippen molar-refractivity contribution >= 4 is 11.4 Å². The fourth-order valence-corrected chi connectivity index (χ4v) is 2.01. The van der Waals surface area contributed by atoms with E-state index in [-0.39, 0.29) is 0 Å². The molecule has 0 atom stereocenters. The molecule has 3 nitrogen and oxygen atoms in total. The number of nitrogens with two attached hydrogens (primary N) is 1. The molecule has 78 valence electrons. The SMILES string of the molecule is CC1CC(Nc2ccc(C#N)c(N)c2)C1. The van der Waals surface area contributed by atoms with Gasteiger partial charge in [-0.3, -0.25) is 0 Å². The number of nitrogens with one attached hydrogen (secondary N) is 1. The lowest BCUT2D eigenvalue weighted by molar-refractivity contribution is 0.309. The molecule has 1 aromatic carbocycles. The van der Waals surface area contributed by atoms with Gasteiger partial charge in [0.15, 0.2) is 0 Å². The Hall–Kier alpha value is -1.69. The molecule has 0 radical (unpaired) electrons. The monoisotopic (exact) mass is 201 g/mol. The zero-order valence-electron chi connectivity index (χ0n) is 8.83. The first-order valence-electron chi connectivity index (χ1n) is 5.25. The van der Waals surface area contributed by atoms with Gasteiger partial charge in [0.25, 0.3) is 0 Å². The summed E-state index contributed by atoms with van der Waals surface area (Å²) in [5.41, 5.74) is 7.84. The van der Waals surface area contributed by atoms with Crippen molar-refractivity contribution in [3.63, 3.8) is 0 Å². The smallest absolute Gasteiger partial charge is 0.101 e. The summed E-state index contributed by atoms with van der Waals surface area (Å²) in [6, 6.07) is 8.15. The zero-order valence-corrected chi connectivity index (χ0v) is 8.83. The number of hydrogen-bond donors (Lipinski definition) is 2. The average Bonchev–Trinajstić information content (AvgIpc) is 2.16. The van der Waals surface area contributed by atoms with Gasteiger partial charge in [-0.15, -0.1) is 0 Å². The largest absolute Gasteiger partial charge is 0.398 e. The van der Waals surface area contributed by atoms with Crippen LogP contribution in [-0.2, 0) is 0 Å². The Morgan fingerprint density at radius 1 is 1.47 bits per heavy atom. The van der Waals surface area contributed by atoms with Crippen LogP contribution in [0.4, 0.5) is 11.4 Å². The van der Waals surface area contributed by atoms with Crippen molar-refractivity contribution in [2.75, 3.05) is 11.1 Å². The number of nitrogens with zero attached hydrogens (tertiary/aromatic N) is 1. The molecule has 0 saturated heterocycles. The summed E-state index contributed by atoms with van der Waals surface area (Å²) >= 11 is 0. The van der Waals surface area contributed by atoms with Crippen molar-refractivity contribution in [2.45, 2.75) is 25.8 Å². The second-order valence-corrected chi connectivity index (χ2v) is 4.33. The lowest BCUT2D eigenvalue weighted by atomic mass is 9.82. The van der Waals surface area contributed by atoms with E-state index in [4.69, 9.17) is 11.0 Å². The van der Waals surface area contributed by atoms with Gasteiger partial charge in [0.05, 0.1) is 11.3 Å². The predicted octanol–water partition coefficient (Wildman–Crippen LogP) is 2.35. The first-order valence-corrected chi connectivity index (χ1v) is 5.25. The van der Waals surface area contributed by atoms with E-state index in [1.54, 1.807) is 6.07 Å². The number of nitrogen functional groups attached to an aromatic ring is 1. The van der Waals surface area contributed by atoms with E-state index >= 15 is 0 Å². The van der Waals surface area contributed by atoms with Crippen LogP contribution in [0.5, 0.6) is 0 Å². The van der Waals surface area contributed by atoms with Gasteiger partial charge in [-0.1, -0.05) is 6.92 Å². The van der Waals surface area contributed by atoms with Gasteiger partial charge in [-0.05, 0) is 37.0 Å². The van der Waals surface area contributed by atoms with Crippen LogP contribution in [0.1, 0.15) is 25.3 Å². The number of nitriles is 1. The normalized spacial score (nSPS) is 24.0. The van der Waals surface area contributed by atoms with Gasteiger partial charge in [0.2, 0.25) is 0 Å². The number of rotatable bonds is 2. The molecule has 3 heteroatoms. The predicted molar refractivity (Wildman–Crippen MR) is 61.4 cm³/mol. The summed E-state index contributed by atoms with van der Waals surface area (Å²) in [5.74, 6) is 0.832. The Labute approximate surface area is 89.9 Å². The van der Waals surface area contributed by atoms with Crippen molar-refractivity contribution in [1.29, 1.82) is 5.26 Å². The molecule has 3 N–H and O–H groups in total. The molecule has 1 fully saturated rings. The van der Waals surface area contributed by atoms with E-state index in [1.165, 1.54) is 12.8 Å². The maximum Gasteiger partial charge on any atom is 0.101 e. The summed E-state index contributed by atoms with van der Waals surface area (Å²) in [4.78, 5) is 0. The van der Waals surface area contributed by atoms with Crippen LogP contribution in [0.3, 0.4) is 0 Å². The lowest BCUT2D eigenvalue weighted by Crippen LogP contribution is -2.33. The van der Waals surface area contributed by atoms with Crippen LogP contribution < -0.4 is 11.1 Å². The summed E-state index contributed by atoms with van der Waals surface area (Å²) < 4.78 is 0. The van der Waals surface area contributed by atoms with Crippen molar-refractivity contribution in [3.05, 3.63) is 23.8 Å². The van der Waals surface area contributed by atoms with E-state index in [0.717, 1.165) is 11.6 Å². The summed E-state index contributed by atoms with van der Waals surface area (Å²) in [5, 5.41) is 12.1. The van der Waals surface area contributed by atoms with Crippen molar-refractivity contribution in [2.24, 2.45) is 5.92 Å². The van der Waals surface area contributed by atoms with Crippen LogP contribution in [0.15, 0.2) is 18.2 Å². The second kappa shape index (κ2) is 3.82. The van der Waals surface area contributed by atoms with Crippen LogP contribution in [0, 0.1) is 17.2 Å². The Morgan fingerprint density at radius 2 is 2.20 bits per heavy atom. The number of anilines is 2. The first kappa shape index (κ1) is 9.85. The van der Waals surface area contributed by atoms with E-state index < -0.39 is 0 Å². The number of hydrogen-bond acceptors (Lipinski definition) is 3. The fraction of sp³-hybridized carbons (Fsp3) is 0.417. The molecule has 0 unspecified atom stereocenters. The van der Waals surface area contributed by atoms with Crippen LogP contribution in [-0.4, -0.2) is 6.04 Å². The minimum Gasteiger partial charge on any atom is -0.398 e. The molecular weight excluding hydrogens is 186 g/mol. The van der Waals surface area contributed by atoms with Crippen LogP contribution >= 0.6 is 0 Å². The van der Waals surface area contributed by atoms with Crippen molar-refractivity contribution < 1.29 is 0 Å². The second-order valence-electron chi connectivity index (χ2n) is 4.33. The Kier molecular flexibility index (Phi) is 2.51. The van der Waals surface area contributed by atoms with E-state index in [2.05, 4.69) is 18.3 Å². The minimum absolute atomic E-state index is 0.544. The average molecular weight is 201 g/mol. The van der Waals surface area contributed by atoms with Gasteiger partial charge >= 0.3 is 0 Å². The molecule has 1 saturated carbocycles. The van der Waals surface area contributed by atoms with E-state index in [1.807, 2.05) is 12.1 Å². The fourth-order valence-electron chi connectivity index (χ4n) is 2.01. The highest BCUT2D eigenvalue weighted by molar-refractivity contribution is 5.63. The van der Waals surface area contributed by atoms with Crippen LogP contribution in [0.2, 0.25) is 0 Å². The minimum atomic E-state index is 0.544. The highest BCUT2D eigenvalue weighted by Gasteiger charge is 2.24. The van der Waals surface area contributed by atoms with E-state index in [0.29, 0.717) is 17.3 Å². The number of benzene rings is 1. The lowest BCUT2D eigenvalue weighted by Gasteiger charge is -2.34. The van der Waals surface area contributed by atoms with E-state index in [9.17, 15) is 0 Å². The molecule has 2 rings (SSSR count). The Bertz CT molecular complexity index is 400. The topological polar surface area (TPSA) is 61.8 Å². The molecule has 0 heterocycles. The van der Waals surface area contributed by atoms with Crippen molar-refractivity contribution in [1.82, 2.24) is 0 Å². The van der Waals surface area contributed by atoms with Gasteiger partial charge in [0.1, 0.15) is 6.07 Å². The molecular formula is C12H15N3. The Morgan fingerprint density at radius 3 is 2.73 bits per heavy atom. The zero-order chi connectivity index (χ0) is 10.8. The van der Waals surface area contributed by atoms with Gasteiger partial charge in [0, 0.05) is 11.7 Å². The summed E-state index contributed by atoms with van der Waals surface area (Å²) in [6.07, 6.45) is 2.44. The molecule has 0 bridgehead atoms. The first-order chi connectivity index (χ1) is 7.19. The molecule has 15 heavy (non-hydrogen) atoms. The molecule has 1 aliphatic rings. The van der Waals surface area contributed by atoms with Gasteiger partial charge in [-0.25, -0.2) is 0 Å². The third-order valence-corrected chi connectivity index (χ3v) is 2.92. The molecule has 0 aromatic heterocycles. The molecule has 0 aliphatic heterocycles.